The number of fused-ring (bicyclic) bond motifs is 1. The summed E-state index contributed by atoms with van der Waals surface area (Å²) >= 11 is 1.28. The highest BCUT2D eigenvalue weighted by Crippen LogP contribution is 2.20. The molecule has 126 valence electrons. The Labute approximate surface area is 141 Å². The quantitative estimate of drug-likeness (QED) is 0.711. The molecule has 0 aliphatic carbocycles. The second-order valence-corrected chi connectivity index (χ2v) is 6.07. The zero-order chi connectivity index (χ0) is 17.1. The first kappa shape index (κ1) is 16.5. The first-order valence-corrected chi connectivity index (χ1v) is 8.35. The molecular formula is C16H17FN4O2S. The number of aryl methyl sites for hydroxylation is 1. The summed E-state index contributed by atoms with van der Waals surface area (Å²) in [6.45, 7) is 3.29. The van der Waals surface area contributed by atoms with Crippen molar-refractivity contribution in [2.45, 2.75) is 20.0 Å². The number of amides is 1. The van der Waals surface area contributed by atoms with Crippen molar-refractivity contribution in [2.24, 2.45) is 4.99 Å². The first-order valence-electron chi connectivity index (χ1n) is 7.53. The molecule has 3 aromatic rings. The van der Waals surface area contributed by atoms with Gasteiger partial charge in [0.2, 0.25) is 0 Å². The van der Waals surface area contributed by atoms with Crippen LogP contribution in [0.25, 0.3) is 10.2 Å². The Morgan fingerprint density at radius 3 is 3.00 bits per heavy atom. The van der Waals surface area contributed by atoms with Crippen LogP contribution < -0.4 is 4.80 Å². The van der Waals surface area contributed by atoms with Crippen LogP contribution in [-0.2, 0) is 17.8 Å². The van der Waals surface area contributed by atoms with Crippen LogP contribution in [0.15, 0.2) is 35.5 Å². The fraction of sp³-hybridized carbons (Fsp3) is 0.312. The van der Waals surface area contributed by atoms with Crippen molar-refractivity contribution >= 4 is 27.5 Å². The van der Waals surface area contributed by atoms with Gasteiger partial charge in [-0.05, 0) is 25.1 Å². The molecule has 3 rings (SSSR count). The maximum atomic E-state index is 14.2. The van der Waals surface area contributed by atoms with Crippen LogP contribution in [0.5, 0.6) is 0 Å². The van der Waals surface area contributed by atoms with Crippen LogP contribution in [0.4, 0.5) is 4.39 Å². The molecule has 0 atom stereocenters. The highest BCUT2D eigenvalue weighted by Gasteiger charge is 2.14. The van der Waals surface area contributed by atoms with Gasteiger partial charge < -0.3 is 9.30 Å². The van der Waals surface area contributed by atoms with Crippen LogP contribution in [0.1, 0.15) is 17.4 Å². The molecule has 8 heteroatoms. The summed E-state index contributed by atoms with van der Waals surface area (Å²) in [5.74, 6) is -0.736. The van der Waals surface area contributed by atoms with E-state index in [1.54, 1.807) is 34.7 Å². The summed E-state index contributed by atoms with van der Waals surface area (Å²) in [6.07, 6.45) is 1.57. The van der Waals surface area contributed by atoms with Gasteiger partial charge in [-0.2, -0.15) is 10.1 Å². The van der Waals surface area contributed by atoms with Crippen molar-refractivity contribution in [3.63, 3.8) is 0 Å². The summed E-state index contributed by atoms with van der Waals surface area (Å²) < 4.78 is 23.3. The van der Waals surface area contributed by atoms with Gasteiger partial charge in [0, 0.05) is 26.4 Å². The molecule has 6 nitrogen and oxygen atoms in total. The van der Waals surface area contributed by atoms with Crippen molar-refractivity contribution in [3.05, 3.63) is 46.8 Å². The smallest absolute Gasteiger partial charge is 0.297 e. The fourth-order valence-electron chi connectivity index (χ4n) is 2.47. The minimum Gasteiger partial charge on any atom is -0.383 e. The van der Waals surface area contributed by atoms with Gasteiger partial charge in [-0.15, -0.1) is 0 Å². The molecular weight excluding hydrogens is 331 g/mol. The second kappa shape index (κ2) is 7.06. The lowest BCUT2D eigenvalue weighted by Crippen LogP contribution is -2.20. The van der Waals surface area contributed by atoms with E-state index >= 15 is 0 Å². The number of aromatic nitrogens is 3. The molecule has 0 spiro atoms. The molecule has 1 aromatic carbocycles. The summed E-state index contributed by atoms with van der Waals surface area (Å²) in [4.78, 5) is 17.1. The Morgan fingerprint density at radius 1 is 1.42 bits per heavy atom. The van der Waals surface area contributed by atoms with Crippen LogP contribution >= 0.6 is 11.3 Å². The van der Waals surface area contributed by atoms with Gasteiger partial charge >= 0.3 is 0 Å². The molecule has 2 heterocycles. The third-order valence-corrected chi connectivity index (χ3v) is 4.65. The third kappa shape index (κ3) is 3.02. The average Bonchev–Trinajstić information content (AvgIpc) is 3.17. The Bertz CT molecular complexity index is 941. The van der Waals surface area contributed by atoms with E-state index < -0.39 is 5.91 Å². The number of hydrogen-bond donors (Lipinski definition) is 0. The van der Waals surface area contributed by atoms with Gasteiger partial charge in [0.1, 0.15) is 11.5 Å². The SMILES string of the molecule is CCn1nccc1C(=O)N=c1sc2cccc(F)c2n1CCOC. The van der Waals surface area contributed by atoms with Crippen molar-refractivity contribution in [1.29, 1.82) is 0 Å². The number of halogens is 1. The molecule has 0 aliphatic rings. The number of hydrogen-bond acceptors (Lipinski definition) is 4. The molecule has 0 saturated carbocycles. The van der Waals surface area contributed by atoms with Gasteiger partial charge in [-0.25, -0.2) is 4.39 Å². The van der Waals surface area contributed by atoms with E-state index in [4.69, 9.17) is 4.74 Å². The van der Waals surface area contributed by atoms with Crippen molar-refractivity contribution in [1.82, 2.24) is 14.3 Å². The summed E-state index contributed by atoms with van der Waals surface area (Å²) in [5, 5.41) is 4.08. The standard InChI is InChI=1S/C16H17FN4O2S/c1-3-21-12(7-8-18-21)15(22)19-16-20(9-10-23-2)14-11(17)5-4-6-13(14)24-16/h4-8H,3,9-10H2,1-2H3. The van der Waals surface area contributed by atoms with Crippen LogP contribution in [0.2, 0.25) is 0 Å². The summed E-state index contributed by atoms with van der Waals surface area (Å²) in [7, 11) is 1.58. The second-order valence-electron chi connectivity index (χ2n) is 5.06. The van der Waals surface area contributed by atoms with Crippen LogP contribution in [-0.4, -0.2) is 34.0 Å². The highest BCUT2D eigenvalue weighted by atomic mass is 32.1. The molecule has 0 saturated heterocycles. The largest absolute Gasteiger partial charge is 0.383 e. The molecule has 1 amide bonds. The van der Waals surface area contributed by atoms with E-state index in [9.17, 15) is 9.18 Å². The number of carbonyl (C=O) groups excluding carboxylic acids is 1. The molecule has 0 radical (unpaired) electrons. The lowest BCUT2D eigenvalue weighted by Gasteiger charge is -2.05. The molecule has 2 aromatic heterocycles. The fourth-order valence-corrected chi connectivity index (χ4v) is 3.54. The zero-order valence-electron chi connectivity index (χ0n) is 13.4. The van der Waals surface area contributed by atoms with Crippen molar-refractivity contribution < 1.29 is 13.9 Å². The first-order chi connectivity index (χ1) is 11.7. The van der Waals surface area contributed by atoms with Gasteiger partial charge in [0.25, 0.3) is 5.91 Å². The highest BCUT2D eigenvalue weighted by molar-refractivity contribution is 7.16. The van der Waals surface area contributed by atoms with E-state index in [2.05, 4.69) is 10.1 Å². The van der Waals surface area contributed by atoms with E-state index in [-0.39, 0.29) is 5.82 Å². The monoisotopic (exact) mass is 348 g/mol. The Kier molecular flexibility index (Phi) is 4.86. The Hall–Kier alpha value is -2.32. The van der Waals surface area contributed by atoms with Gasteiger partial charge in [0.05, 0.1) is 16.8 Å². The number of rotatable bonds is 5. The summed E-state index contributed by atoms with van der Waals surface area (Å²) in [6, 6.07) is 6.48. The van der Waals surface area contributed by atoms with Crippen LogP contribution in [0.3, 0.4) is 0 Å². The van der Waals surface area contributed by atoms with E-state index in [1.165, 1.54) is 17.4 Å². The maximum absolute atomic E-state index is 14.2. The number of benzene rings is 1. The molecule has 0 aliphatic heterocycles. The molecule has 0 fully saturated rings. The summed E-state index contributed by atoms with van der Waals surface area (Å²) in [5.41, 5.74) is 0.851. The normalized spacial score (nSPS) is 12.2. The Balaban J connectivity index is 2.14. The Morgan fingerprint density at radius 2 is 2.25 bits per heavy atom. The van der Waals surface area contributed by atoms with Crippen LogP contribution in [0, 0.1) is 5.82 Å². The van der Waals surface area contributed by atoms with E-state index in [1.807, 2.05) is 13.0 Å². The number of nitrogens with zero attached hydrogens (tertiary/aromatic N) is 4. The number of methoxy groups -OCH3 is 1. The third-order valence-electron chi connectivity index (χ3n) is 3.60. The molecule has 0 unspecified atom stereocenters. The van der Waals surface area contributed by atoms with E-state index in [0.29, 0.717) is 35.7 Å². The maximum Gasteiger partial charge on any atom is 0.297 e. The van der Waals surface area contributed by atoms with Crippen molar-refractivity contribution in [3.8, 4) is 0 Å². The lowest BCUT2D eigenvalue weighted by molar-refractivity contribution is 0.0987. The van der Waals surface area contributed by atoms with Crippen molar-refractivity contribution in [2.75, 3.05) is 13.7 Å². The molecule has 0 bridgehead atoms. The minimum absolute atomic E-state index is 0.340. The lowest BCUT2D eigenvalue weighted by atomic mass is 10.3. The predicted molar refractivity (Wildman–Crippen MR) is 89.4 cm³/mol. The van der Waals surface area contributed by atoms with Gasteiger partial charge in [-0.1, -0.05) is 17.4 Å². The number of para-hydroxylation sites is 1. The number of carbonyl (C=O) groups is 1. The van der Waals surface area contributed by atoms with Gasteiger partial charge in [0.15, 0.2) is 4.80 Å². The number of ether oxygens (including phenoxy) is 1. The minimum atomic E-state index is -0.396. The molecule has 24 heavy (non-hydrogen) atoms. The number of thiazole rings is 1. The van der Waals surface area contributed by atoms with Gasteiger partial charge in [-0.3, -0.25) is 9.48 Å². The average molecular weight is 348 g/mol. The predicted octanol–water partition coefficient (Wildman–Crippen LogP) is 2.45. The zero-order valence-corrected chi connectivity index (χ0v) is 14.2. The van der Waals surface area contributed by atoms with E-state index in [0.717, 1.165) is 4.70 Å². The topological polar surface area (TPSA) is 61.4 Å². The molecule has 0 N–H and O–H groups in total.